The quantitative estimate of drug-likeness (QED) is 0.673. The zero-order valence-electron chi connectivity index (χ0n) is 8.81. The van der Waals surface area contributed by atoms with E-state index in [2.05, 4.69) is 19.2 Å². The summed E-state index contributed by atoms with van der Waals surface area (Å²) in [5, 5.41) is 3.04. The second-order valence-corrected chi connectivity index (χ2v) is 4.08. The molecule has 1 saturated carbocycles. The van der Waals surface area contributed by atoms with Crippen LogP contribution in [0, 0.1) is 11.8 Å². The SMILES string of the molecule is CCCC(CC)C(=O)NCC1CC1. The molecule has 1 N–H and O–H groups in total. The summed E-state index contributed by atoms with van der Waals surface area (Å²) >= 11 is 0. The van der Waals surface area contributed by atoms with E-state index in [0.29, 0.717) is 0 Å². The van der Waals surface area contributed by atoms with Gasteiger partial charge in [0.1, 0.15) is 0 Å². The van der Waals surface area contributed by atoms with Gasteiger partial charge < -0.3 is 5.32 Å². The predicted molar refractivity (Wildman–Crippen MR) is 54.4 cm³/mol. The van der Waals surface area contributed by atoms with E-state index in [4.69, 9.17) is 0 Å². The number of carbonyl (C=O) groups is 1. The van der Waals surface area contributed by atoms with Crippen LogP contribution in [0.3, 0.4) is 0 Å². The molecule has 1 rings (SSSR count). The number of nitrogens with one attached hydrogen (secondary N) is 1. The Morgan fingerprint density at radius 2 is 2.15 bits per heavy atom. The molecule has 0 aliphatic heterocycles. The second kappa shape index (κ2) is 5.25. The lowest BCUT2D eigenvalue weighted by Gasteiger charge is -2.13. The van der Waals surface area contributed by atoms with Crippen molar-refractivity contribution in [3.63, 3.8) is 0 Å². The van der Waals surface area contributed by atoms with Crippen molar-refractivity contribution in [2.24, 2.45) is 11.8 Å². The smallest absolute Gasteiger partial charge is 0.223 e. The number of amides is 1. The molecule has 0 bridgehead atoms. The van der Waals surface area contributed by atoms with E-state index in [-0.39, 0.29) is 11.8 Å². The number of hydrogen-bond donors (Lipinski definition) is 1. The van der Waals surface area contributed by atoms with Crippen LogP contribution in [0.1, 0.15) is 46.0 Å². The first kappa shape index (κ1) is 10.6. The van der Waals surface area contributed by atoms with Gasteiger partial charge in [-0.3, -0.25) is 4.79 Å². The molecular formula is C11H21NO. The van der Waals surface area contributed by atoms with E-state index in [1.54, 1.807) is 0 Å². The van der Waals surface area contributed by atoms with E-state index >= 15 is 0 Å². The molecule has 1 aliphatic carbocycles. The molecule has 2 heteroatoms. The molecule has 0 radical (unpaired) electrons. The molecule has 1 atom stereocenters. The van der Waals surface area contributed by atoms with Crippen molar-refractivity contribution in [2.75, 3.05) is 6.54 Å². The molecule has 13 heavy (non-hydrogen) atoms. The van der Waals surface area contributed by atoms with Crippen molar-refractivity contribution in [1.82, 2.24) is 5.32 Å². The van der Waals surface area contributed by atoms with Crippen LogP contribution >= 0.6 is 0 Å². The normalized spacial score (nSPS) is 18.3. The van der Waals surface area contributed by atoms with Crippen molar-refractivity contribution < 1.29 is 4.79 Å². The minimum Gasteiger partial charge on any atom is -0.356 e. The molecule has 76 valence electrons. The minimum atomic E-state index is 0.253. The Hall–Kier alpha value is -0.530. The van der Waals surface area contributed by atoms with Crippen LogP contribution < -0.4 is 5.32 Å². The fraction of sp³-hybridized carbons (Fsp3) is 0.909. The largest absolute Gasteiger partial charge is 0.356 e. The van der Waals surface area contributed by atoms with Crippen LogP contribution in [0.5, 0.6) is 0 Å². The Labute approximate surface area is 81.1 Å². The summed E-state index contributed by atoms with van der Waals surface area (Å²) in [7, 11) is 0. The summed E-state index contributed by atoms with van der Waals surface area (Å²) in [5.74, 6) is 1.32. The minimum absolute atomic E-state index is 0.253. The highest BCUT2D eigenvalue weighted by Crippen LogP contribution is 2.27. The lowest BCUT2D eigenvalue weighted by molar-refractivity contribution is -0.125. The van der Waals surface area contributed by atoms with Gasteiger partial charge in [0.25, 0.3) is 0 Å². The molecule has 1 fully saturated rings. The molecular weight excluding hydrogens is 162 g/mol. The standard InChI is InChI=1S/C11H21NO/c1-3-5-10(4-2)11(13)12-8-9-6-7-9/h9-10H,3-8H2,1-2H3,(H,12,13). The van der Waals surface area contributed by atoms with Crippen LogP contribution in [0.15, 0.2) is 0 Å². The maximum Gasteiger partial charge on any atom is 0.223 e. The number of rotatable bonds is 6. The molecule has 0 aromatic rings. The van der Waals surface area contributed by atoms with Crippen LogP contribution in [0.25, 0.3) is 0 Å². The summed E-state index contributed by atoms with van der Waals surface area (Å²) in [6, 6.07) is 0. The monoisotopic (exact) mass is 183 g/mol. The van der Waals surface area contributed by atoms with Gasteiger partial charge in [-0.15, -0.1) is 0 Å². The molecule has 2 nitrogen and oxygen atoms in total. The van der Waals surface area contributed by atoms with Crippen molar-refractivity contribution in [3.05, 3.63) is 0 Å². The van der Waals surface area contributed by atoms with Gasteiger partial charge in [0.05, 0.1) is 0 Å². The first-order chi connectivity index (χ1) is 6.27. The predicted octanol–water partition coefficient (Wildman–Crippen LogP) is 2.34. The average Bonchev–Trinajstić information content (AvgIpc) is 2.93. The molecule has 0 spiro atoms. The summed E-state index contributed by atoms with van der Waals surface area (Å²) in [6.45, 7) is 5.15. The van der Waals surface area contributed by atoms with E-state index in [0.717, 1.165) is 31.7 Å². The zero-order chi connectivity index (χ0) is 9.68. The third kappa shape index (κ3) is 3.79. The second-order valence-electron chi connectivity index (χ2n) is 4.08. The maximum atomic E-state index is 11.6. The van der Waals surface area contributed by atoms with E-state index in [1.807, 2.05) is 0 Å². The van der Waals surface area contributed by atoms with Crippen LogP contribution in [0.4, 0.5) is 0 Å². The molecule has 0 aromatic carbocycles. The Balaban J connectivity index is 2.16. The Morgan fingerprint density at radius 1 is 1.46 bits per heavy atom. The Kier molecular flexibility index (Phi) is 4.26. The molecule has 1 amide bonds. The van der Waals surface area contributed by atoms with Crippen molar-refractivity contribution in [3.8, 4) is 0 Å². The van der Waals surface area contributed by atoms with Crippen LogP contribution in [-0.4, -0.2) is 12.5 Å². The van der Waals surface area contributed by atoms with Gasteiger partial charge in [0.2, 0.25) is 5.91 Å². The van der Waals surface area contributed by atoms with Gasteiger partial charge in [0, 0.05) is 12.5 Å². The summed E-state index contributed by atoms with van der Waals surface area (Å²) in [6.07, 6.45) is 5.74. The molecule has 1 aliphatic rings. The lowest BCUT2D eigenvalue weighted by atomic mass is 10.00. The van der Waals surface area contributed by atoms with Crippen molar-refractivity contribution in [1.29, 1.82) is 0 Å². The van der Waals surface area contributed by atoms with Gasteiger partial charge >= 0.3 is 0 Å². The summed E-state index contributed by atoms with van der Waals surface area (Å²) in [4.78, 5) is 11.6. The maximum absolute atomic E-state index is 11.6. The van der Waals surface area contributed by atoms with Gasteiger partial charge in [-0.1, -0.05) is 20.3 Å². The highest BCUT2D eigenvalue weighted by atomic mass is 16.1. The molecule has 0 saturated heterocycles. The first-order valence-corrected chi connectivity index (χ1v) is 5.55. The Bertz CT molecular complexity index is 163. The highest BCUT2D eigenvalue weighted by molar-refractivity contribution is 5.78. The Morgan fingerprint density at radius 3 is 2.62 bits per heavy atom. The third-order valence-electron chi connectivity index (χ3n) is 2.76. The highest BCUT2D eigenvalue weighted by Gasteiger charge is 2.23. The van der Waals surface area contributed by atoms with Gasteiger partial charge in [0.15, 0.2) is 0 Å². The van der Waals surface area contributed by atoms with Gasteiger partial charge in [-0.2, -0.15) is 0 Å². The van der Waals surface area contributed by atoms with Crippen LogP contribution in [-0.2, 0) is 4.79 Å². The fourth-order valence-electron chi connectivity index (χ4n) is 1.58. The fourth-order valence-corrected chi connectivity index (χ4v) is 1.58. The number of carbonyl (C=O) groups excluding carboxylic acids is 1. The third-order valence-corrected chi connectivity index (χ3v) is 2.76. The van der Waals surface area contributed by atoms with Crippen molar-refractivity contribution >= 4 is 5.91 Å². The average molecular weight is 183 g/mol. The van der Waals surface area contributed by atoms with Crippen LogP contribution in [0.2, 0.25) is 0 Å². The van der Waals surface area contributed by atoms with E-state index in [9.17, 15) is 4.79 Å². The van der Waals surface area contributed by atoms with Gasteiger partial charge in [-0.05, 0) is 31.6 Å². The van der Waals surface area contributed by atoms with Gasteiger partial charge in [-0.25, -0.2) is 0 Å². The van der Waals surface area contributed by atoms with E-state index in [1.165, 1.54) is 12.8 Å². The summed E-state index contributed by atoms with van der Waals surface area (Å²) < 4.78 is 0. The lowest BCUT2D eigenvalue weighted by Crippen LogP contribution is -2.31. The summed E-state index contributed by atoms with van der Waals surface area (Å²) in [5.41, 5.74) is 0. The van der Waals surface area contributed by atoms with Crippen molar-refractivity contribution in [2.45, 2.75) is 46.0 Å². The number of hydrogen-bond acceptors (Lipinski definition) is 1. The molecule has 1 unspecified atom stereocenters. The first-order valence-electron chi connectivity index (χ1n) is 5.55. The topological polar surface area (TPSA) is 29.1 Å². The van der Waals surface area contributed by atoms with E-state index < -0.39 is 0 Å². The molecule has 0 heterocycles. The molecule has 0 aromatic heterocycles. The zero-order valence-corrected chi connectivity index (χ0v) is 8.81.